The first kappa shape index (κ1) is 36.6. The van der Waals surface area contributed by atoms with Crippen LogP contribution in [0.15, 0.2) is 97.2 Å². The largest absolute Gasteiger partial charge is 0.413 e. The highest BCUT2D eigenvalue weighted by atomic mass is 16.6. The number of nitro groups is 1. The van der Waals surface area contributed by atoms with E-state index in [4.69, 9.17) is 15.5 Å². The van der Waals surface area contributed by atoms with Crippen molar-refractivity contribution in [2.75, 3.05) is 29.5 Å². The molecule has 0 aliphatic carbocycles. The number of nitrogens with zero attached hydrogens (tertiary/aromatic N) is 6. The molecule has 0 radical (unpaired) electrons. The Morgan fingerprint density at radius 3 is 2.64 bits per heavy atom. The Hall–Kier alpha value is -6.77. The van der Waals surface area contributed by atoms with E-state index in [0.29, 0.717) is 36.8 Å². The number of benzene rings is 4. The first-order valence-electron chi connectivity index (χ1n) is 18.3. The van der Waals surface area contributed by atoms with Crippen molar-refractivity contribution >= 4 is 57.2 Å². The number of nitro benzene ring substituents is 1. The predicted octanol–water partition coefficient (Wildman–Crippen LogP) is 7.83. The van der Waals surface area contributed by atoms with Crippen LogP contribution in [0, 0.1) is 16.0 Å². The number of nitrogens with one attached hydrogen (secondary N) is 3. The van der Waals surface area contributed by atoms with E-state index < -0.39 is 11.0 Å². The van der Waals surface area contributed by atoms with Gasteiger partial charge in [0.2, 0.25) is 11.9 Å². The van der Waals surface area contributed by atoms with E-state index in [2.05, 4.69) is 32.8 Å². The Balaban J connectivity index is 1.02. The highest BCUT2D eigenvalue weighted by Crippen LogP contribution is 2.29. The lowest BCUT2D eigenvalue weighted by Crippen LogP contribution is -2.46. The Morgan fingerprint density at radius 2 is 1.84 bits per heavy atom. The maximum absolute atomic E-state index is 13.4. The van der Waals surface area contributed by atoms with Crippen LogP contribution in [0.5, 0.6) is 5.75 Å². The van der Waals surface area contributed by atoms with E-state index in [1.165, 1.54) is 24.3 Å². The van der Waals surface area contributed by atoms with Gasteiger partial charge in [0.1, 0.15) is 11.6 Å². The molecule has 1 aliphatic rings. The van der Waals surface area contributed by atoms with Gasteiger partial charge < -0.3 is 31.3 Å². The second-order valence-corrected chi connectivity index (χ2v) is 13.7. The van der Waals surface area contributed by atoms with Crippen molar-refractivity contribution in [3.63, 3.8) is 0 Å². The molecule has 282 valence electrons. The summed E-state index contributed by atoms with van der Waals surface area (Å²) in [5, 5.41) is 22.5. The van der Waals surface area contributed by atoms with E-state index in [-0.39, 0.29) is 41.4 Å². The van der Waals surface area contributed by atoms with E-state index in [9.17, 15) is 19.7 Å². The molecule has 0 spiro atoms. The van der Waals surface area contributed by atoms with Gasteiger partial charge in [-0.05, 0) is 73.4 Å². The molecule has 0 bridgehead atoms. The van der Waals surface area contributed by atoms with E-state index >= 15 is 0 Å². The number of hydrogen-bond acceptors (Lipinski definition) is 10. The molecule has 1 aliphatic heterocycles. The van der Waals surface area contributed by atoms with Crippen LogP contribution in [0.3, 0.4) is 0 Å². The summed E-state index contributed by atoms with van der Waals surface area (Å²) in [5.74, 6) is 1.57. The summed E-state index contributed by atoms with van der Waals surface area (Å²) in [6.45, 7) is 5.37. The smallest absolute Gasteiger partial charge is 0.410 e. The molecule has 3 amide bonds. The third kappa shape index (κ3) is 8.25. The van der Waals surface area contributed by atoms with E-state index in [1.54, 1.807) is 16.8 Å². The number of rotatable bonds is 11. The third-order valence-electron chi connectivity index (χ3n) is 9.94. The van der Waals surface area contributed by atoms with Gasteiger partial charge in [-0.1, -0.05) is 55.8 Å². The molecule has 2 aromatic heterocycles. The molecule has 3 atom stereocenters. The Bertz CT molecular complexity index is 2340. The summed E-state index contributed by atoms with van der Waals surface area (Å²) in [4.78, 5) is 52.4. The van der Waals surface area contributed by atoms with Crippen LogP contribution in [-0.4, -0.2) is 60.6 Å². The number of nitrogen functional groups attached to an aromatic ring is 1. The summed E-state index contributed by atoms with van der Waals surface area (Å²) in [5.41, 5.74) is 9.31. The molecule has 5 N–H and O–H groups in total. The fraction of sp³-hybridized carbons (Fsp3) is 0.275. The SMILES string of the molecule is CCCC(NC(=O)Oc1ccc([N+](=O)[O-])cc1)c1ccc2c(c1)nc(N)n2-c1ccnc(NC(C)C2CCCN(C(=O)Nc3cccc4ccccc34)C2)n1. The fourth-order valence-corrected chi connectivity index (χ4v) is 7.09. The minimum atomic E-state index is -0.683. The van der Waals surface area contributed by atoms with Crippen LogP contribution < -0.4 is 26.4 Å². The molecule has 55 heavy (non-hydrogen) atoms. The second kappa shape index (κ2) is 16.1. The van der Waals surface area contributed by atoms with Crippen molar-refractivity contribution in [3.8, 4) is 11.6 Å². The van der Waals surface area contributed by atoms with Gasteiger partial charge in [0.25, 0.3) is 5.69 Å². The van der Waals surface area contributed by atoms with Crippen LogP contribution in [0.1, 0.15) is 51.1 Å². The molecule has 3 unspecified atom stereocenters. The molecule has 0 saturated carbocycles. The Kier molecular flexibility index (Phi) is 10.7. The quantitative estimate of drug-likeness (QED) is 0.0750. The van der Waals surface area contributed by atoms with Crippen molar-refractivity contribution in [1.29, 1.82) is 0 Å². The summed E-state index contributed by atoms with van der Waals surface area (Å²) in [6.07, 6.45) is 4.23. The van der Waals surface area contributed by atoms with Crippen LogP contribution in [0.2, 0.25) is 0 Å². The number of piperidine rings is 1. The van der Waals surface area contributed by atoms with Crippen LogP contribution in [0.25, 0.3) is 27.6 Å². The molecule has 7 rings (SSSR count). The zero-order chi connectivity index (χ0) is 38.5. The number of carbonyl (C=O) groups is 2. The maximum Gasteiger partial charge on any atom is 0.413 e. The van der Waals surface area contributed by atoms with Crippen molar-refractivity contribution < 1.29 is 19.2 Å². The first-order valence-corrected chi connectivity index (χ1v) is 18.3. The normalized spacial score (nSPS) is 15.3. The predicted molar refractivity (Wildman–Crippen MR) is 211 cm³/mol. The summed E-state index contributed by atoms with van der Waals surface area (Å²) < 4.78 is 7.14. The van der Waals surface area contributed by atoms with Gasteiger partial charge in [0.05, 0.1) is 27.7 Å². The number of hydrogen-bond donors (Lipinski definition) is 4. The number of amides is 3. The average Bonchev–Trinajstić information content (AvgIpc) is 3.53. The number of carbonyl (C=O) groups excluding carboxylic acids is 2. The zero-order valence-corrected chi connectivity index (χ0v) is 30.5. The van der Waals surface area contributed by atoms with Gasteiger partial charge >= 0.3 is 12.1 Å². The molecule has 1 saturated heterocycles. The number of urea groups is 1. The fourth-order valence-electron chi connectivity index (χ4n) is 7.09. The molecule has 1 fully saturated rings. The van der Waals surface area contributed by atoms with Gasteiger partial charge in [-0.2, -0.15) is 4.98 Å². The lowest BCUT2D eigenvalue weighted by atomic mass is 9.92. The number of nitrogens with two attached hydrogens (primary N) is 1. The molecule has 4 aromatic carbocycles. The van der Waals surface area contributed by atoms with Crippen molar-refractivity contribution in [2.24, 2.45) is 5.92 Å². The van der Waals surface area contributed by atoms with E-state index in [0.717, 1.165) is 46.8 Å². The van der Waals surface area contributed by atoms with Gasteiger partial charge in [0.15, 0.2) is 0 Å². The standard InChI is InChI=1S/C40H42N10O5/c1-3-8-32(46-40(52)55-30-17-15-29(16-18-30)50(53)54)27-14-19-35-34(23-27)44-37(41)49(35)36-20-21-42-38(47-36)43-25(2)28-11-7-22-48(24-28)39(51)45-33-13-6-10-26-9-4-5-12-31(26)33/h4-6,9-10,12-21,23,25,28,32H,3,7-8,11,22,24H2,1-2H3,(H2,41,44)(H,45,51)(H,46,52)(H,42,43,47). The van der Waals surface area contributed by atoms with Crippen LogP contribution in [0.4, 0.5) is 32.9 Å². The lowest BCUT2D eigenvalue weighted by Gasteiger charge is -2.36. The van der Waals surface area contributed by atoms with Crippen LogP contribution >= 0.6 is 0 Å². The lowest BCUT2D eigenvalue weighted by molar-refractivity contribution is -0.384. The average molecular weight is 743 g/mol. The monoisotopic (exact) mass is 742 g/mol. The van der Waals surface area contributed by atoms with Gasteiger partial charge in [-0.3, -0.25) is 14.7 Å². The molecule has 15 heteroatoms. The highest BCUT2D eigenvalue weighted by molar-refractivity contribution is 6.01. The summed E-state index contributed by atoms with van der Waals surface area (Å²) in [6, 6.07) is 26.1. The molecule has 3 heterocycles. The summed E-state index contributed by atoms with van der Waals surface area (Å²) in [7, 11) is 0. The van der Waals surface area contributed by atoms with E-state index in [1.807, 2.05) is 72.5 Å². The number of non-ortho nitro benzene ring substituents is 1. The minimum absolute atomic E-state index is 0.0297. The highest BCUT2D eigenvalue weighted by Gasteiger charge is 2.28. The number of imidazole rings is 1. The number of aromatic nitrogens is 4. The summed E-state index contributed by atoms with van der Waals surface area (Å²) >= 11 is 0. The minimum Gasteiger partial charge on any atom is -0.410 e. The third-order valence-corrected chi connectivity index (χ3v) is 9.94. The van der Waals surface area contributed by atoms with Crippen LogP contribution in [-0.2, 0) is 0 Å². The Labute approximate surface area is 317 Å². The topological polar surface area (TPSA) is 195 Å². The molecule has 15 nitrogen and oxygen atoms in total. The second-order valence-electron chi connectivity index (χ2n) is 13.7. The van der Waals surface area contributed by atoms with Crippen molar-refractivity contribution in [2.45, 2.75) is 51.6 Å². The van der Waals surface area contributed by atoms with Gasteiger partial charge in [0, 0.05) is 48.9 Å². The molecule has 6 aromatic rings. The van der Waals surface area contributed by atoms with Gasteiger partial charge in [-0.15, -0.1) is 0 Å². The molecular weight excluding hydrogens is 701 g/mol. The number of anilines is 3. The number of ether oxygens (including phenoxy) is 1. The zero-order valence-electron chi connectivity index (χ0n) is 30.5. The van der Waals surface area contributed by atoms with Crippen molar-refractivity contribution in [3.05, 3.63) is 113 Å². The maximum atomic E-state index is 13.4. The van der Waals surface area contributed by atoms with Gasteiger partial charge in [-0.25, -0.2) is 19.6 Å². The molecular formula is C40H42N10O5. The Morgan fingerprint density at radius 1 is 1.04 bits per heavy atom. The van der Waals surface area contributed by atoms with Crippen molar-refractivity contribution in [1.82, 2.24) is 29.7 Å². The number of fused-ring (bicyclic) bond motifs is 2. The number of likely N-dealkylation sites (tertiary alicyclic amines) is 1. The first-order chi connectivity index (χ1) is 26.7.